The summed E-state index contributed by atoms with van der Waals surface area (Å²) in [7, 11) is 0. The summed E-state index contributed by atoms with van der Waals surface area (Å²) in [6.07, 6.45) is -2.77. The summed E-state index contributed by atoms with van der Waals surface area (Å²) < 4.78 is 37.3. The molecule has 2 heterocycles. The highest BCUT2D eigenvalue weighted by Gasteiger charge is 2.34. The van der Waals surface area contributed by atoms with Crippen LogP contribution in [0.2, 0.25) is 0 Å². The Bertz CT molecular complexity index is 562. The van der Waals surface area contributed by atoms with E-state index in [1.165, 1.54) is 0 Å². The molecule has 0 aliphatic rings. The number of hydrogen-bond acceptors (Lipinski definition) is 2. The molecule has 0 aromatic carbocycles. The van der Waals surface area contributed by atoms with Gasteiger partial charge in [-0.25, -0.2) is 0 Å². The summed E-state index contributed by atoms with van der Waals surface area (Å²) >= 11 is 0. The maximum Gasteiger partial charge on any atom is 0.435 e. The molecule has 3 nitrogen and oxygen atoms in total. The van der Waals surface area contributed by atoms with Gasteiger partial charge in [-0.2, -0.15) is 18.3 Å². The molecule has 2 aromatic heterocycles. The number of aromatic amines is 1. The average molecular weight is 269 g/mol. The molecule has 2 aromatic rings. The number of hydrogen-bond donors (Lipinski definition) is 1. The van der Waals surface area contributed by atoms with Crippen molar-refractivity contribution in [3.8, 4) is 11.4 Å². The lowest BCUT2D eigenvalue weighted by atomic mass is 9.88. The molecule has 0 spiro atoms. The van der Waals surface area contributed by atoms with Gasteiger partial charge >= 0.3 is 6.18 Å². The summed E-state index contributed by atoms with van der Waals surface area (Å²) in [6.45, 7) is 6.13. The van der Waals surface area contributed by atoms with E-state index in [2.05, 4.69) is 15.2 Å². The third-order valence-electron chi connectivity index (χ3n) is 2.77. The smallest absolute Gasteiger partial charge is 0.276 e. The molecule has 0 unspecified atom stereocenters. The highest BCUT2D eigenvalue weighted by molar-refractivity contribution is 5.54. The zero-order valence-corrected chi connectivity index (χ0v) is 10.8. The molecule has 0 atom stereocenters. The van der Waals surface area contributed by atoms with Crippen molar-refractivity contribution in [2.75, 3.05) is 0 Å². The Kier molecular flexibility index (Phi) is 3.12. The van der Waals surface area contributed by atoms with Gasteiger partial charge in [0.25, 0.3) is 0 Å². The van der Waals surface area contributed by atoms with Crippen LogP contribution in [0.5, 0.6) is 0 Å². The van der Waals surface area contributed by atoms with E-state index in [0.717, 1.165) is 11.6 Å². The van der Waals surface area contributed by atoms with Gasteiger partial charge in [0.05, 0.1) is 11.4 Å². The number of H-pyrrole nitrogens is 1. The first-order valence-electron chi connectivity index (χ1n) is 5.77. The van der Waals surface area contributed by atoms with Crippen LogP contribution in [0.25, 0.3) is 11.4 Å². The van der Waals surface area contributed by atoms with E-state index in [1.54, 1.807) is 12.3 Å². The molecule has 0 aliphatic heterocycles. The molecule has 0 bridgehead atoms. The zero-order valence-electron chi connectivity index (χ0n) is 10.8. The molecule has 0 saturated carbocycles. The molecular weight excluding hydrogens is 255 g/mol. The lowest BCUT2D eigenvalue weighted by molar-refractivity contribution is -0.141. The first kappa shape index (κ1) is 13.6. The van der Waals surface area contributed by atoms with Gasteiger partial charge in [0, 0.05) is 6.20 Å². The van der Waals surface area contributed by atoms with Crippen molar-refractivity contribution in [1.82, 2.24) is 15.2 Å². The molecule has 2 rings (SSSR count). The highest BCUT2D eigenvalue weighted by atomic mass is 19.4. The van der Waals surface area contributed by atoms with Crippen molar-refractivity contribution in [1.29, 1.82) is 0 Å². The van der Waals surface area contributed by atoms with E-state index in [-0.39, 0.29) is 11.1 Å². The minimum Gasteiger partial charge on any atom is -0.276 e. The quantitative estimate of drug-likeness (QED) is 0.855. The van der Waals surface area contributed by atoms with Crippen LogP contribution in [-0.2, 0) is 11.6 Å². The van der Waals surface area contributed by atoms with Gasteiger partial charge in [-0.1, -0.05) is 26.8 Å². The van der Waals surface area contributed by atoms with Crippen LogP contribution in [0, 0.1) is 0 Å². The summed E-state index contributed by atoms with van der Waals surface area (Å²) in [5, 5.41) is 5.60. The van der Waals surface area contributed by atoms with E-state index in [4.69, 9.17) is 0 Å². The second-order valence-corrected chi connectivity index (χ2v) is 5.35. The topological polar surface area (TPSA) is 41.6 Å². The Morgan fingerprint density at radius 3 is 2.21 bits per heavy atom. The summed E-state index contributed by atoms with van der Waals surface area (Å²) in [5.74, 6) is 0. The number of nitrogens with one attached hydrogen (secondary N) is 1. The van der Waals surface area contributed by atoms with Gasteiger partial charge < -0.3 is 0 Å². The average Bonchev–Trinajstić information content (AvgIpc) is 2.77. The van der Waals surface area contributed by atoms with Crippen LogP contribution in [-0.4, -0.2) is 15.2 Å². The minimum absolute atomic E-state index is 0.0450. The van der Waals surface area contributed by atoms with Crippen molar-refractivity contribution in [2.45, 2.75) is 32.4 Å². The lowest BCUT2D eigenvalue weighted by Crippen LogP contribution is -2.11. The maximum absolute atomic E-state index is 12.4. The summed E-state index contributed by atoms with van der Waals surface area (Å²) in [4.78, 5) is 4.17. The number of rotatable bonds is 1. The molecule has 1 N–H and O–H groups in total. The van der Waals surface area contributed by atoms with Crippen LogP contribution in [0.4, 0.5) is 13.2 Å². The van der Waals surface area contributed by atoms with Crippen molar-refractivity contribution < 1.29 is 13.2 Å². The molecule has 19 heavy (non-hydrogen) atoms. The van der Waals surface area contributed by atoms with Crippen LogP contribution >= 0.6 is 0 Å². The van der Waals surface area contributed by atoms with Gasteiger partial charge in [0.15, 0.2) is 5.69 Å². The summed E-state index contributed by atoms with van der Waals surface area (Å²) in [5.41, 5.74) is 0.733. The van der Waals surface area contributed by atoms with E-state index in [9.17, 15) is 13.2 Å². The number of nitrogens with zero attached hydrogens (tertiary/aromatic N) is 2. The molecule has 0 radical (unpaired) electrons. The molecule has 0 fully saturated rings. The largest absolute Gasteiger partial charge is 0.435 e. The van der Waals surface area contributed by atoms with E-state index in [0.29, 0.717) is 5.69 Å². The van der Waals surface area contributed by atoms with Crippen molar-refractivity contribution >= 4 is 0 Å². The summed E-state index contributed by atoms with van der Waals surface area (Å²) in [6, 6.07) is 4.50. The SMILES string of the molecule is CC(C)(C)c1ccc(-c2cc(C(F)(F)F)n[nH]2)nc1. The van der Waals surface area contributed by atoms with Crippen LogP contribution in [0.3, 0.4) is 0 Å². The van der Waals surface area contributed by atoms with Crippen LogP contribution in [0.15, 0.2) is 24.4 Å². The molecule has 102 valence electrons. The number of aromatic nitrogens is 3. The van der Waals surface area contributed by atoms with Gasteiger partial charge in [-0.05, 0) is 23.1 Å². The monoisotopic (exact) mass is 269 g/mol. The molecule has 0 amide bonds. The fourth-order valence-electron chi connectivity index (χ4n) is 1.59. The van der Waals surface area contributed by atoms with Crippen molar-refractivity contribution in [3.63, 3.8) is 0 Å². The van der Waals surface area contributed by atoms with Crippen molar-refractivity contribution in [2.24, 2.45) is 0 Å². The number of alkyl halides is 3. The Labute approximate surface area is 108 Å². The van der Waals surface area contributed by atoms with Gasteiger partial charge in [-0.3, -0.25) is 10.1 Å². The predicted molar refractivity (Wildman–Crippen MR) is 65.5 cm³/mol. The number of pyridine rings is 1. The second kappa shape index (κ2) is 4.36. The van der Waals surface area contributed by atoms with E-state index in [1.807, 2.05) is 26.8 Å². The van der Waals surface area contributed by atoms with Gasteiger partial charge in [0.1, 0.15) is 0 Å². The van der Waals surface area contributed by atoms with E-state index >= 15 is 0 Å². The minimum atomic E-state index is -4.44. The first-order chi connectivity index (χ1) is 8.68. The fraction of sp³-hybridized carbons (Fsp3) is 0.385. The highest BCUT2D eigenvalue weighted by Crippen LogP contribution is 2.30. The molecular formula is C13H14F3N3. The molecule has 0 aliphatic carbocycles. The van der Waals surface area contributed by atoms with Crippen LogP contribution in [0.1, 0.15) is 32.0 Å². The van der Waals surface area contributed by atoms with Crippen molar-refractivity contribution in [3.05, 3.63) is 35.7 Å². The predicted octanol–water partition coefficient (Wildman–Crippen LogP) is 3.79. The zero-order chi connectivity index (χ0) is 14.3. The van der Waals surface area contributed by atoms with E-state index < -0.39 is 11.9 Å². The van der Waals surface area contributed by atoms with Gasteiger partial charge in [-0.15, -0.1) is 0 Å². The third-order valence-corrected chi connectivity index (χ3v) is 2.77. The Morgan fingerprint density at radius 1 is 1.11 bits per heavy atom. The first-order valence-corrected chi connectivity index (χ1v) is 5.77. The van der Waals surface area contributed by atoms with Gasteiger partial charge in [0.2, 0.25) is 0 Å². The van der Waals surface area contributed by atoms with Crippen LogP contribution < -0.4 is 0 Å². The second-order valence-electron chi connectivity index (χ2n) is 5.35. The Balaban J connectivity index is 2.31. The number of halogens is 3. The molecule has 6 heteroatoms. The standard InChI is InChI=1S/C13H14F3N3/c1-12(2,3)8-4-5-9(17-7-8)10-6-11(19-18-10)13(14,15)16/h4-7H,1-3H3,(H,18,19). The third kappa shape index (κ3) is 2.94. The Hall–Kier alpha value is -1.85. The normalized spacial score (nSPS) is 12.7. The Morgan fingerprint density at radius 2 is 1.79 bits per heavy atom. The lowest BCUT2D eigenvalue weighted by Gasteiger charge is -2.18. The maximum atomic E-state index is 12.4. The molecule has 0 saturated heterocycles. The fourth-order valence-corrected chi connectivity index (χ4v) is 1.59.